The van der Waals surface area contributed by atoms with Crippen molar-refractivity contribution in [1.82, 2.24) is 0 Å². The summed E-state index contributed by atoms with van der Waals surface area (Å²) in [5, 5.41) is 0.136. The predicted molar refractivity (Wildman–Crippen MR) is 11.6 cm³/mol. The molecule has 0 aliphatic carbocycles. The van der Waals surface area contributed by atoms with Gasteiger partial charge in [0.05, 0.1) is 0 Å². The van der Waals surface area contributed by atoms with Crippen LogP contribution < -0.4 is 0 Å². The van der Waals surface area contributed by atoms with Crippen LogP contribution in [0.4, 0.5) is 0 Å². The summed E-state index contributed by atoms with van der Waals surface area (Å²) in [7, 11) is 0. The van der Waals surface area contributed by atoms with Gasteiger partial charge in [0.1, 0.15) is 0 Å². The van der Waals surface area contributed by atoms with Crippen molar-refractivity contribution in [3.63, 3.8) is 0 Å². The molecule has 0 aromatic carbocycles. The Morgan fingerprint density at radius 1 is 1.60 bits per heavy atom. The van der Waals surface area contributed by atoms with E-state index in [-0.39, 0.29) is 5.09 Å². The summed E-state index contributed by atoms with van der Waals surface area (Å²) in [6.07, 6.45) is 0. The predicted octanol–water partition coefficient (Wildman–Crippen LogP) is -0.824. The maximum absolute atomic E-state index is 9.42. The molecule has 1 heterocycles. The SMILES string of the molecule is O=[N+]1[O][Bi][O]1. The van der Waals surface area contributed by atoms with Gasteiger partial charge < -0.3 is 0 Å². The van der Waals surface area contributed by atoms with Crippen molar-refractivity contribution in [3.8, 4) is 0 Å². The van der Waals surface area contributed by atoms with Crippen LogP contribution in [0.15, 0.2) is 0 Å². The van der Waals surface area contributed by atoms with E-state index in [0.29, 0.717) is 0 Å². The van der Waals surface area contributed by atoms with Crippen LogP contribution in [0.1, 0.15) is 0 Å². The van der Waals surface area contributed by atoms with Crippen molar-refractivity contribution in [3.05, 3.63) is 4.91 Å². The Morgan fingerprint density at radius 2 is 2.00 bits per heavy atom. The minimum absolute atomic E-state index is 0.136. The Bertz CT molecular complexity index is 53.9. The van der Waals surface area contributed by atoms with Crippen LogP contribution >= 0.6 is 0 Å². The molecule has 0 unspecified atom stereocenters. The molecule has 0 saturated carbocycles. The van der Waals surface area contributed by atoms with Gasteiger partial charge in [-0.05, 0) is 0 Å². The second-order valence-electron chi connectivity index (χ2n) is 0.461. The van der Waals surface area contributed by atoms with Gasteiger partial charge in [-0.1, -0.05) is 0 Å². The zero-order chi connectivity index (χ0) is 3.70. The Kier molecular flexibility index (Phi) is 0.688. The maximum atomic E-state index is 9.42. The van der Waals surface area contributed by atoms with Crippen molar-refractivity contribution >= 4 is 24.1 Å². The topological polar surface area (TPSA) is 38.5 Å². The first kappa shape index (κ1) is 3.28. The van der Waals surface area contributed by atoms with Gasteiger partial charge in [-0.3, -0.25) is 0 Å². The molecule has 4 nitrogen and oxygen atoms in total. The Balaban J connectivity index is 2.32. The average Bonchev–Trinajstić information content (AvgIpc) is 1.30. The van der Waals surface area contributed by atoms with Crippen LogP contribution in [0.3, 0.4) is 0 Å². The van der Waals surface area contributed by atoms with E-state index in [9.17, 15) is 4.91 Å². The quantitative estimate of drug-likeness (QED) is 0.540. The molecular formula is BiNO3+. The molecule has 1 saturated heterocycles. The zero-order valence-electron chi connectivity index (χ0n) is 2.12. The Morgan fingerprint density at radius 3 is 2.00 bits per heavy atom. The van der Waals surface area contributed by atoms with Crippen molar-refractivity contribution in [2.24, 2.45) is 0 Å². The van der Waals surface area contributed by atoms with Crippen molar-refractivity contribution in [1.29, 1.82) is 0 Å². The third kappa shape index (κ3) is 0.479. The molecule has 0 atom stereocenters. The number of hydrogen-bond acceptors (Lipinski definition) is 3. The normalized spacial score (nSPS) is 18.8. The fourth-order valence-electron chi connectivity index (χ4n) is 0.0605. The van der Waals surface area contributed by atoms with E-state index in [1.807, 2.05) is 0 Å². The van der Waals surface area contributed by atoms with Gasteiger partial charge in [0.15, 0.2) is 0 Å². The van der Waals surface area contributed by atoms with E-state index in [1.165, 1.54) is 0 Å². The van der Waals surface area contributed by atoms with Gasteiger partial charge in [0.2, 0.25) is 0 Å². The second-order valence-corrected chi connectivity index (χ2v) is 2.31. The van der Waals surface area contributed by atoms with Gasteiger partial charge in [-0.2, -0.15) is 0 Å². The number of nitrogens with zero attached hydrogens (tertiary/aromatic N) is 1. The standard InChI is InChI=1S/Bi.NO3/c;2-1(3)4/q+2;-1. The molecule has 0 amide bonds. The summed E-state index contributed by atoms with van der Waals surface area (Å²) in [6.45, 7) is 0. The summed E-state index contributed by atoms with van der Waals surface area (Å²) in [5.41, 5.74) is 0. The van der Waals surface area contributed by atoms with Gasteiger partial charge in [0, 0.05) is 0 Å². The van der Waals surface area contributed by atoms with Crippen molar-refractivity contribution in [2.45, 2.75) is 0 Å². The monoisotopic (exact) mass is 271 g/mol. The second kappa shape index (κ2) is 1.05. The first-order valence-electron chi connectivity index (χ1n) is 0.913. The van der Waals surface area contributed by atoms with Crippen LogP contribution in [0, 0.1) is 4.91 Å². The van der Waals surface area contributed by atoms with E-state index < -0.39 is 24.1 Å². The number of hydrogen-bond donors (Lipinski definition) is 0. The summed E-state index contributed by atoms with van der Waals surface area (Å²) in [6, 6.07) is 0. The molecule has 0 aromatic heterocycles. The zero-order valence-corrected chi connectivity index (χ0v) is 5.60. The minimum atomic E-state index is -1.11. The number of rotatable bonds is 0. The van der Waals surface area contributed by atoms with Crippen LogP contribution in [-0.4, -0.2) is 29.2 Å². The first-order valence-corrected chi connectivity index (χ1v) is 3.75. The fraction of sp³-hybridized carbons (Fsp3) is 0. The van der Waals surface area contributed by atoms with E-state index in [4.69, 9.17) is 0 Å². The molecule has 1 aliphatic heterocycles. The third-order valence-electron chi connectivity index (χ3n) is 0.200. The molecule has 1 radical (unpaired) electrons. The van der Waals surface area contributed by atoms with Crippen molar-refractivity contribution < 1.29 is 10.9 Å². The molecule has 0 spiro atoms. The fourth-order valence-corrected chi connectivity index (χ4v) is 0.531. The molecule has 27 valence electrons. The summed E-state index contributed by atoms with van der Waals surface area (Å²) in [4.78, 5) is 9.42. The van der Waals surface area contributed by atoms with E-state index >= 15 is 0 Å². The van der Waals surface area contributed by atoms with Crippen molar-refractivity contribution in [2.75, 3.05) is 0 Å². The molecule has 5 heteroatoms. The van der Waals surface area contributed by atoms with E-state index in [1.54, 1.807) is 0 Å². The van der Waals surface area contributed by atoms with E-state index in [0.717, 1.165) is 0 Å². The van der Waals surface area contributed by atoms with Crippen LogP contribution in [0.2, 0.25) is 0 Å². The average molecular weight is 271 g/mol. The van der Waals surface area contributed by atoms with Crippen LogP contribution in [0.25, 0.3) is 0 Å². The molecule has 5 heavy (non-hydrogen) atoms. The Hall–Kier alpha value is 0.0831. The summed E-state index contributed by atoms with van der Waals surface area (Å²) < 4.78 is 8.33. The molecule has 0 N–H and O–H groups in total. The van der Waals surface area contributed by atoms with Gasteiger partial charge in [0.25, 0.3) is 0 Å². The molecule has 0 aromatic rings. The molecule has 0 bridgehead atoms. The van der Waals surface area contributed by atoms with E-state index in [2.05, 4.69) is 5.83 Å². The molecular weight excluding hydrogens is 271 g/mol. The summed E-state index contributed by atoms with van der Waals surface area (Å²) in [5.74, 6) is 0. The van der Waals surface area contributed by atoms with Gasteiger partial charge >= 0.3 is 39.9 Å². The van der Waals surface area contributed by atoms with Gasteiger partial charge in [-0.15, -0.1) is 0 Å². The summed E-state index contributed by atoms with van der Waals surface area (Å²) >= 11 is -1.11. The van der Waals surface area contributed by atoms with Crippen LogP contribution in [-0.2, 0) is 5.83 Å². The molecule has 1 fully saturated rings. The van der Waals surface area contributed by atoms with Crippen LogP contribution in [0.5, 0.6) is 0 Å². The molecule has 1 rings (SSSR count). The first-order chi connectivity index (χ1) is 2.39. The molecule has 1 aliphatic rings. The Labute approximate surface area is 40.3 Å². The van der Waals surface area contributed by atoms with Gasteiger partial charge in [-0.25, -0.2) is 0 Å². The third-order valence-corrected chi connectivity index (χ3v) is 1.75.